The van der Waals surface area contributed by atoms with E-state index in [1.165, 1.54) is 10.1 Å². The summed E-state index contributed by atoms with van der Waals surface area (Å²) in [5, 5.41) is 0. The normalized spacial score (nSPS) is 13.8. The SMILES string of the molecule is Cc1ccc(Cn2cnc3c2c(=O)n(CC2CC2)c(=O)n3-c2ccccc2)cc1. The minimum Gasteiger partial charge on any atom is -0.320 e. The van der Waals surface area contributed by atoms with E-state index in [2.05, 4.69) is 29.2 Å². The van der Waals surface area contributed by atoms with Crippen LogP contribution in [-0.4, -0.2) is 18.7 Å². The van der Waals surface area contributed by atoms with Crippen molar-refractivity contribution in [3.05, 3.63) is 92.9 Å². The van der Waals surface area contributed by atoms with Crippen molar-refractivity contribution in [3.8, 4) is 5.69 Å². The van der Waals surface area contributed by atoms with Crippen LogP contribution in [0.15, 0.2) is 70.5 Å². The highest BCUT2D eigenvalue weighted by atomic mass is 16.2. The quantitative estimate of drug-likeness (QED) is 0.529. The fourth-order valence-electron chi connectivity index (χ4n) is 3.72. The summed E-state index contributed by atoms with van der Waals surface area (Å²) in [5.41, 5.74) is 3.29. The Hall–Kier alpha value is -3.41. The van der Waals surface area contributed by atoms with Crippen molar-refractivity contribution in [3.63, 3.8) is 0 Å². The molecule has 146 valence electrons. The minimum absolute atomic E-state index is 0.256. The Kier molecular flexibility index (Phi) is 4.19. The van der Waals surface area contributed by atoms with Gasteiger partial charge in [0.05, 0.1) is 12.0 Å². The summed E-state index contributed by atoms with van der Waals surface area (Å²) >= 11 is 0. The van der Waals surface area contributed by atoms with Gasteiger partial charge in [-0.15, -0.1) is 0 Å². The Bertz CT molecular complexity index is 1290. The molecule has 5 rings (SSSR count). The Morgan fingerprint density at radius 3 is 2.41 bits per heavy atom. The number of nitrogens with zero attached hydrogens (tertiary/aromatic N) is 4. The Morgan fingerprint density at radius 1 is 1.00 bits per heavy atom. The summed E-state index contributed by atoms with van der Waals surface area (Å²) in [7, 11) is 0. The van der Waals surface area contributed by atoms with Crippen molar-refractivity contribution in [1.29, 1.82) is 0 Å². The van der Waals surface area contributed by atoms with Crippen LogP contribution < -0.4 is 11.2 Å². The first-order chi connectivity index (χ1) is 14.1. The van der Waals surface area contributed by atoms with Crippen LogP contribution >= 0.6 is 0 Å². The zero-order chi connectivity index (χ0) is 20.0. The molecule has 1 saturated carbocycles. The van der Waals surface area contributed by atoms with Gasteiger partial charge in [-0.3, -0.25) is 9.36 Å². The van der Waals surface area contributed by atoms with Gasteiger partial charge in [0.25, 0.3) is 5.56 Å². The molecular weight excluding hydrogens is 364 g/mol. The van der Waals surface area contributed by atoms with Crippen LogP contribution in [-0.2, 0) is 13.1 Å². The van der Waals surface area contributed by atoms with Gasteiger partial charge in [0.2, 0.25) is 0 Å². The molecule has 0 radical (unpaired) electrons. The first kappa shape index (κ1) is 17.7. The maximum atomic E-state index is 13.3. The molecule has 1 aliphatic rings. The number of benzene rings is 2. The maximum Gasteiger partial charge on any atom is 0.337 e. The lowest BCUT2D eigenvalue weighted by atomic mass is 10.1. The van der Waals surface area contributed by atoms with E-state index in [9.17, 15) is 9.59 Å². The van der Waals surface area contributed by atoms with Crippen molar-refractivity contribution < 1.29 is 0 Å². The maximum absolute atomic E-state index is 13.3. The average Bonchev–Trinajstić information content (AvgIpc) is 3.47. The van der Waals surface area contributed by atoms with Gasteiger partial charge >= 0.3 is 5.69 Å². The standard InChI is InChI=1S/C23H22N4O2/c1-16-7-9-17(10-8-16)13-25-15-24-21-20(25)22(28)26(14-18-11-12-18)23(29)27(21)19-5-3-2-4-6-19/h2-10,15,18H,11-14H2,1H3. The molecule has 1 fully saturated rings. The first-order valence-corrected chi connectivity index (χ1v) is 9.93. The van der Waals surface area contributed by atoms with Crippen LogP contribution in [0.25, 0.3) is 16.9 Å². The van der Waals surface area contributed by atoms with Gasteiger partial charge in [0, 0.05) is 13.1 Å². The highest BCUT2D eigenvalue weighted by Crippen LogP contribution is 2.29. The van der Waals surface area contributed by atoms with Gasteiger partial charge in [0.1, 0.15) is 0 Å². The van der Waals surface area contributed by atoms with E-state index >= 15 is 0 Å². The van der Waals surface area contributed by atoms with Crippen LogP contribution in [0.1, 0.15) is 24.0 Å². The lowest BCUT2D eigenvalue weighted by molar-refractivity contribution is 0.567. The summed E-state index contributed by atoms with van der Waals surface area (Å²) in [6.07, 6.45) is 3.79. The molecule has 2 aromatic heterocycles. The molecule has 6 heteroatoms. The molecule has 2 aromatic carbocycles. The third-order valence-electron chi connectivity index (χ3n) is 5.53. The molecule has 0 saturated heterocycles. The minimum atomic E-state index is -0.318. The van der Waals surface area contributed by atoms with E-state index in [0.29, 0.717) is 35.9 Å². The van der Waals surface area contributed by atoms with Crippen LogP contribution in [0.2, 0.25) is 0 Å². The highest BCUT2D eigenvalue weighted by molar-refractivity contribution is 5.72. The van der Waals surface area contributed by atoms with E-state index in [4.69, 9.17) is 0 Å². The molecule has 0 N–H and O–H groups in total. The van der Waals surface area contributed by atoms with Crippen LogP contribution in [0.3, 0.4) is 0 Å². The first-order valence-electron chi connectivity index (χ1n) is 9.93. The fraction of sp³-hybridized carbons (Fsp3) is 0.261. The van der Waals surface area contributed by atoms with Gasteiger partial charge in [0.15, 0.2) is 11.2 Å². The predicted octanol–water partition coefficient (Wildman–Crippen LogP) is 3.12. The molecule has 0 unspecified atom stereocenters. The van der Waals surface area contributed by atoms with Gasteiger partial charge in [-0.1, -0.05) is 48.0 Å². The molecular formula is C23H22N4O2. The lowest BCUT2D eigenvalue weighted by Gasteiger charge is -2.12. The number of rotatable bonds is 5. The molecule has 2 heterocycles. The van der Waals surface area contributed by atoms with E-state index in [1.807, 2.05) is 41.8 Å². The molecule has 4 aromatic rings. The second-order valence-electron chi connectivity index (χ2n) is 7.84. The molecule has 29 heavy (non-hydrogen) atoms. The second kappa shape index (κ2) is 6.88. The summed E-state index contributed by atoms with van der Waals surface area (Å²) in [6, 6.07) is 17.6. The number of aryl methyl sites for hydroxylation is 1. The van der Waals surface area contributed by atoms with E-state index in [-0.39, 0.29) is 11.2 Å². The number of hydrogen-bond donors (Lipinski definition) is 0. The van der Waals surface area contributed by atoms with Gasteiger partial charge in [-0.05, 0) is 43.4 Å². The average molecular weight is 386 g/mol. The van der Waals surface area contributed by atoms with E-state index in [0.717, 1.165) is 18.4 Å². The third-order valence-corrected chi connectivity index (χ3v) is 5.53. The zero-order valence-corrected chi connectivity index (χ0v) is 16.3. The molecule has 0 spiro atoms. The summed E-state index contributed by atoms with van der Waals surface area (Å²) in [4.78, 5) is 31.0. The van der Waals surface area contributed by atoms with Gasteiger partial charge in [-0.2, -0.15) is 0 Å². The van der Waals surface area contributed by atoms with E-state index < -0.39 is 0 Å². The van der Waals surface area contributed by atoms with Crippen LogP contribution in [0.5, 0.6) is 0 Å². The number of aromatic nitrogens is 4. The topological polar surface area (TPSA) is 61.8 Å². The van der Waals surface area contributed by atoms with Gasteiger partial charge < -0.3 is 4.57 Å². The Morgan fingerprint density at radius 2 is 1.72 bits per heavy atom. The van der Waals surface area contributed by atoms with Gasteiger partial charge in [-0.25, -0.2) is 14.3 Å². The number of imidazole rings is 1. The largest absolute Gasteiger partial charge is 0.337 e. The van der Waals surface area contributed by atoms with Crippen molar-refractivity contribution >= 4 is 11.2 Å². The molecule has 6 nitrogen and oxygen atoms in total. The predicted molar refractivity (Wildman–Crippen MR) is 113 cm³/mol. The number of fused-ring (bicyclic) bond motifs is 1. The monoisotopic (exact) mass is 386 g/mol. The lowest BCUT2D eigenvalue weighted by Crippen LogP contribution is -2.40. The molecule has 0 amide bonds. The third kappa shape index (κ3) is 3.20. The van der Waals surface area contributed by atoms with Crippen molar-refractivity contribution in [2.24, 2.45) is 5.92 Å². The molecule has 1 aliphatic carbocycles. The zero-order valence-electron chi connectivity index (χ0n) is 16.3. The Labute approximate surface area is 167 Å². The Balaban J connectivity index is 1.73. The fourth-order valence-corrected chi connectivity index (χ4v) is 3.72. The molecule has 0 bridgehead atoms. The van der Waals surface area contributed by atoms with Crippen LogP contribution in [0, 0.1) is 12.8 Å². The summed E-state index contributed by atoms with van der Waals surface area (Å²) in [5.74, 6) is 0.413. The summed E-state index contributed by atoms with van der Waals surface area (Å²) < 4.78 is 4.80. The van der Waals surface area contributed by atoms with Crippen molar-refractivity contribution in [2.45, 2.75) is 32.9 Å². The highest BCUT2D eigenvalue weighted by Gasteiger charge is 2.26. The molecule has 0 aliphatic heterocycles. The van der Waals surface area contributed by atoms with Crippen LogP contribution in [0.4, 0.5) is 0 Å². The molecule has 0 atom stereocenters. The number of hydrogen-bond acceptors (Lipinski definition) is 3. The van der Waals surface area contributed by atoms with Crippen molar-refractivity contribution in [1.82, 2.24) is 18.7 Å². The smallest absolute Gasteiger partial charge is 0.320 e. The second-order valence-corrected chi connectivity index (χ2v) is 7.84. The van der Waals surface area contributed by atoms with E-state index in [1.54, 1.807) is 10.9 Å². The summed E-state index contributed by atoms with van der Waals surface area (Å²) in [6.45, 7) is 3.05. The number of para-hydroxylation sites is 1. The van der Waals surface area contributed by atoms with Crippen molar-refractivity contribution in [2.75, 3.05) is 0 Å².